The van der Waals surface area contributed by atoms with Crippen LogP contribution in [0.25, 0.3) is 6.08 Å². The van der Waals surface area contributed by atoms with Crippen LogP contribution >= 0.6 is 0 Å². The number of hydrogen-bond acceptors (Lipinski definition) is 5. The maximum atomic E-state index is 11.9. The van der Waals surface area contributed by atoms with Crippen molar-refractivity contribution in [3.05, 3.63) is 53.2 Å². The molecule has 0 radical (unpaired) electrons. The van der Waals surface area contributed by atoms with Gasteiger partial charge in [0.25, 0.3) is 5.91 Å². The monoisotopic (exact) mass is 370 g/mol. The third-order valence-corrected chi connectivity index (χ3v) is 4.62. The van der Waals surface area contributed by atoms with Crippen molar-refractivity contribution in [2.24, 2.45) is 0 Å². The lowest BCUT2D eigenvalue weighted by Crippen LogP contribution is -2.35. The Morgan fingerprint density at radius 1 is 1.33 bits per heavy atom. The van der Waals surface area contributed by atoms with Gasteiger partial charge in [-0.15, -0.1) is 0 Å². The van der Waals surface area contributed by atoms with Gasteiger partial charge in [0.2, 0.25) is 5.91 Å². The van der Waals surface area contributed by atoms with Crippen molar-refractivity contribution in [2.45, 2.75) is 33.2 Å². The normalized spacial score (nSPS) is 14.3. The molecule has 2 amide bonds. The minimum absolute atomic E-state index is 0.212. The van der Waals surface area contributed by atoms with Gasteiger partial charge in [-0.25, -0.2) is 4.79 Å². The molecule has 7 heteroatoms. The van der Waals surface area contributed by atoms with E-state index in [4.69, 9.17) is 9.15 Å². The zero-order chi connectivity index (χ0) is 19.4. The second kappa shape index (κ2) is 8.07. The number of carbonyl (C=O) groups excluding carboxylic acids is 3. The summed E-state index contributed by atoms with van der Waals surface area (Å²) in [7, 11) is 0. The second-order valence-corrected chi connectivity index (χ2v) is 6.48. The Hall–Kier alpha value is -3.09. The van der Waals surface area contributed by atoms with Crippen LogP contribution in [-0.4, -0.2) is 40.4 Å². The fourth-order valence-electron chi connectivity index (χ4n) is 3.13. The van der Waals surface area contributed by atoms with E-state index >= 15 is 0 Å². The number of amides is 2. The minimum atomic E-state index is -0.620. The summed E-state index contributed by atoms with van der Waals surface area (Å²) in [6.07, 6.45) is 5.61. The molecular weight excluding hydrogens is 348 g/mol. The smallest absolute Gasteiger partial charge is 0.331 e. The molecule has 27 heavy (non-hydrogen) atoms. The Kier molecular flexibility index (Phi) is 5.59. The number of esters is 1. The van der Waals surface area contributed by atoms with E-state index in [-0.39, 0.29) is 5.91 Å². The molecule has 142 valence electrons. The molecule has 0 aliphatic carbocycles. The van der Waals surface area contributed by atoms with Gasteiger partial charge in [-0.1, -0.05) is 0 Å². The number of hydrogen-bond donors (Lipinski definition) is 0. The van der Waals surface area contributed by atoms with E-state index in [0.717, 1.165) is 27.6 Å². The summed E-state index contributed by atoms with van der Waals surface area (Å²) in [4.78, 5) is 36.4. The van der Waals surface area contributed by atoms with Crippen LogP contribution in [0.1, 0.15) is 35.6 Å². The van der Waals surface area contributed by atoms with Crippen LogP contribution in [0.4, 0.5) is 0 Å². The molecule has 2 aromatic heterocycles. The maximum absolute atomic E-state index is 11.9. The summed E-state index contributed by atoms with van der Waals surface area (Å²) in [6.45, 7) is 4.53. The van der Waals surface area contributed by atoms with E-state index in [1.54, 1.807) is 12.3 Å². The van der Waals surface area contributed by atoms with E-state index < -0.39 is 18.5 Å². The molecule has 0 aromatic carbocycles. The average Bonchev–Trinajstić information content (AvgIpc) is 3.36. The molecule has 0 bridgehead atoms. The fourth-order valence-corrected chi connectivity index (χ4v) is 3.13. The quantitative estimate of drug-likeness (QED) is 0.576. The van der Waals surface area contributed by atoms with E-state index in [1.807, 2.05) is 32.0 Å². The number of nitrogens with zero attached hydrogens (tertiary/aromatic N) is 2. The second-order valence-electron chi connectivity index (χ2n) is 6.48. The summed E-state index contributed by atoms with van der Waals surface area (Å²) in [5.41, 5.74) is 2.92. The number of aromatic nitrogens is 1. The lowest BCUT2D eigenvalue weighted by atomic mass is 10.2. The summed E-state index contributed by atoms with van der Waals surface area (Å²) in [5, 5.41) is 0. The van der Waals surface area contributed by atoms with Crippen LogP contribution in [0.15, 0.2) is 35.0 Å². The van der Waals surface area contributed by atoms with Crippen molar-refractivity contribution in [2.75, 3.05) is 13.2 Å². The highest BCUT2D eigenvalue weighted by molar-refractivity contribution is 5.98. The summed E-state index contributed by atoms with van der Waals surface area (Å²) < 4.78 is 12.4. The molecule has 3 rings (SSSR count). The van der Waals surface area contributed by atoms with E-state index in [2.05, 4.69) is 4.57 Å². The molecule has 0 N–H and O–H groups in total. The predicted octanol–water partition coefficient (Wildman–Crippen LogP) is 2.45. The van der Waals surface area contributed by atoms with Crippen molar-refractivity contribution in [1.82, 2.24) is 9.47 Å². The first-order valence-corrected chi connectivity index (χ1v) is 8.83. The van der Waals surface area contributed by atoms with Crippen LogP contribution < -0.4 is 0 Å². The maximum Gasteiger partial charge on any atom is 0.331 e. The largest absolute Gasteiger partial charge is 0.467 e. The van der Waals surface area contributed by atoms with Crippen LogP contribution in [-0.2, 0) is 25.7 Å². The molecule has 7 nitrogen and oxygen atoms in total. The van der Waals surface area contributed by atoms with Gasteiger partial charge in [0, 0.05) is 30.4 Å². The molecule has 1 aliphatic heterocycles. The number of ether oxygens (including phenoxy) is 1. The molecule has 2 aromatic rings. The lowest BCUT2D eigenvalue weighted by Gasteiger charge is -2.12. The summed E-state index contributed by atoms with van der Waals surface area (Å²) in [6, 6.07) is 5.72. The topological polar surface area (TPSA) is 81.8 Å². The third-order valence-electron chi connectivity index (χ3n) is 4.62. The van der Waals surface area contributed by atoms with Crippen molar-refractivity contribution < 1.29 is 23.5 Å². The van der Waals surface area contributed by atoms with Gasteiger partial charge in [0.1, 0.15) is 5.76 Å². The number of likely N-dealkylation sites (tertiary alicyclic amines) is 1. The molecular formula is C20H22N2O5. The molecule has 0 unspecified atom stereocenters. The standard InChI is InChI=1S/C20H22N2O5/c1-14-11-16(15(2)22(14)12-17-5-4-10-26-17)7-8-20(25)27-13-19(24)21-9-3-6-18(21)23/h4-5,7-8,10-11H,3,6,9,12-13H2,1-2H3/b8-7+. The third kappa shape index (κ3) is 4.36. The first kappa shape index (κ1) is 18.7. The van der Waals surface area contributed by atoms with Crippen molar-refractivity contribution in [3.63, 3.8) is 0 Å². The van der Waals surface area contributed by atoms with Gasteiger partial charge in [0.05, 0.1) is 12.8 Å². The van der Waals surface area contributed by atoms with E-state index in [1.165, 1.54) is 6.08 Å². The highest BCUT2D eigenvalue weighted by Gasteiger charge is 2.26. The Bertz CT molecular complexity index is 877. The van der Waals surface area contributed by atoms with Crippen molar-refractivity contribution in [3.8, 4) is 0 Å². The number of rotatable bonds is 6. The zero-order valence-electron chi connectivity index (χ0n) is 15.4. The van der Waals surface area contributed by atoms with Crippen LogP contribution in [0.5, 0.6) is 0 Å². The molecule has 0 atom stereocenters. The first-order valence-electron chi connectivity index (χ1n) is 8.83. The SMILES string of the molecule is Cc1cc(/C=C/C(=O)OCC(=O)N2CCCC2=O)c(C)n1Cc1ccco1. The Morgan fingerprint density at radius 3 is 2.81 bits per heavy atom. The molecule has 1 saturated heterocycles. The predicted molar refractivity (Wildman–Crippen MR) is 97.7 cm³/mol. The Balaban J connectivity index is 1.58. The highest BCUT2D eigenvalue weighted by atomic mass is 16.5. The summed E-state index contributed by atoms with van der Waals surface area (Å²) >= 11 is 0. The number of carbonyl (C=O) groups is 3. The van der Waals surface area contributed by atoms with Gasteiger partial charge in [0.15, 0.2) is 6.61 Å². The van der Waals surface area contributed by atoms with E-state index in [9.17, 15) is 14.4 Å². The van der Waals surface area contributed by atoms with Crippen molar-refractivity contribution in [1.29, 1.82) is 0 Å². The van der Waals surface area contributed by atoms with E-state index in [0.29, 0.717) is 25.9 Å². The average molecular weight is 370 g/mol. The first-order chi connectivity index (χ1) is 13.0. The minimum Gasteiger partial charge on any atom is -0.467 e. The molecule has 3 heterocycles. The van der Waals surface area contributed by atoms with Crippen LogP contribution in [0.2, 0.25) is 0 Å². The lowest BCUT2D eigenvalue weighted by molar-refractivity contribution is -0.151. The zero-order valence-corrected chi connectivity index (χ0v) is 15.4. The van der Waals surface area contributed by atoms with Gasteiger partial charge in [-0.3, -0.25) is 14.5 Å². The van der Waals surface area contributed by atoms with Gasteiger partial charge in [-0.05, 0) is 50.1 Å². The molecule has 1 aliphatic rings. The van der Waals surface area contributed by atoms with Gasteiger partial charge >= 0.3 is 5.97 Å². The number of aryl methyl sites for hydroxylation is 1. The number of furan rings is 1. The Morgan fingerprint density at radius 2 is 2.15 bits per heavy atom. The van der Waals surface area contributed by atoms with Crippen molar-refractivity contribution >= 4 is 23.9 Å². The molecule has 0 spiro atoms. The summed E-state index contributed by atoms with van der Waals surface area (Å²) in [5.74, 6) is -0.459. The van der Waals surface area contributed by atoms with Gasteiger partial charge in [-0.2, -0.15) is 0 Å². The molecule has 0 saturated carbocycles. The van der Waals surface area contributed by atoms with Crippen LogP contribution in [0, 0.1) is 13.8 Å². The highest BCUT2D eigenvalue weighted by Crippen LogP contribution is 2.18. The van der Waals surface area contributed by atoms with Crippen LogP contribution in [0.3, 0.4) is 0 Å². The van der Waals surface area contributed by atoms with Gasteiger partial charge < -0.3 is 13.7 Å². The Labute approximate surface area is 157 Å². The fraction of sp³-hybridized carbons (Fsp3) is 0.350. The molecule has 1 fully saturated rings. The number of imide groups is 1.